The summed E-state index contributed by atoms with van der Waals surface area (Å²) >= 11 is 0. The number of hydrogen-bond acceptors (Lipinski definition) is 5. The van der Waals surface area contributed by atoms with Crippen LogP contribution in [0.3, 0.4) is 0 Å². The normalized spacial score (nSPS) is 22.2. The van der Waals surface area contributed by atoms with Crippen molar-refractivity contribution in [3.8, 4) is 0 Å². The molecule has 1 saturated heterocycles. The van der Waals surface area contributed by atoms with Gasteiger partial charge in [0.1, 0.15) is 11.6 Å². The zero-order valence-corrected chi connectivity index (χ0v) is 12.3. The Balaban J connectivity index is 2.14. The highest BCUT2D eigenvalue weighted by Crippen LogP contribution is 2.20. The van der Waals surface area contributed by atoms with Gasteiger partial charge in [-0.15, -0.1) is 0 Å². The molecular formula is C14H25N5. The molecule has 0 aliphatic carbocycles. The van der Waals surface area contributed by atoms with Crippen LogP contribution >= 0.6 is 0 Å². The van der Waals surface area contributed by atoms with Crippen molar-refractivity contribution >= 4 is 5.82 Å². The van der Waals surface area contributed by atoms with Gasteiger partial charge < -0.3 is 10.2 Å². The molecule has 1 aliphatic rings. The summed E-state index contributed by atoms with van der Waals surface area (Å²) in [7, 11) is 4.34. The fraction of sp³-hybridized carbons (Fsp3) is 0.714. The molecule has 0 bridgehead atoms. The highest BCUT2D eigenvalue weighted by Gasteiger charge is 2.24. The third kappa shape index (κ3) is 3.88. The molecule has 0 spiro atoms. The van der Waals surface area contributed by atoms with E-state index in [0.717, 1.165) is 44.2 Å². The van der Waals surface area contributed by atoms with E-state index < -0.39 is 0 Å². The second-order valence-electron chi connectivity index (χ2n) is 5.34. The predicted octanol–water partition coefficient (Wildman–Crippen LogP) is 1.61. The van der Waals surface area contributed by atoms with E-state index in [4.69, 9.17) is 0 Å². The Morgan fingerprint density at radius 2 is 2.21 bits per heavy atom. The minimum absolute atomic E-state index is 0.288. The number of rotatable bonds is 4. The number of aromatic nitrogens is 2. The molecule has 106 valence electrons. The Morgan fingerprint density at radius 1 is 1.37 bits per heavy atom. The molecular weight excluding hydrogens is 238 g/mol. The molecule has 1 aromatic heterocycles. The van der Waals surface area contributed by atoms with Crippen molar-refractivity contribution in [2.45, 2.75) is 25.8 Å². The molecule has 5 heteroatoms. The molecule has 1 aromatic rings. The molecule has 1 N–H and O–H groups in total. The van der Waals surface area contributed by atoms with Crippen LogP contribution in [0, 0.1) is 0 Å². The average molecular weight is 263 g/mol. The summed E-state index contributed by atoms with van der Waals surface area (Å²) in [5, 5.41) is 3.33. The quantitative estimate of drug-likeness (QED) is 0.894. The molecule has 1 aliphatic heterocycles. The van der Waals surface area contributed by atoms with E-state index in [1.54, 1.807) is 0 Å². The van der Waals surface area contributed by atoms with Gasteiger partial charge in [0.15, 0.2) is 0 Å². The predicted molar refractivity (Wildman–Crippen MR) is 78.3 cm³/mol. The third-order valence-electron chi connectivity index (χ3n) is 3.60. The molecule has 0 aromatic carbocycles. The zero-order chi connectivity index (χ0) is 13.7. The van der Waals surface area contributed by atoms with Crippen LogP contribution in [0.4, 0.5) is 5.82 Å². The number of anilines is 1. The maximum absolute atomic E-state index is 4.67. The number of likely N-dealkylation sites (N-methyl/N-ethyl adjacent to an activating group) is 2. The first-order valence-electron chi connectivity index (χ1n) is 7.16. The maximum Gasteiger partial charge on any atom is 0.149 e. The Hall–Kier alpha value is -1.20. The van der Waals surface area contributed by atoms with Crippen molar-refractivity contribution in [2.75, 3.05) is 45.6 Å². The van der Waals surface area contributed by atoms with Crippen LogP contribution < -0.4 is 5.32 Å². The first-order valence-corrected chi connectivity index (χ1v) is 7.16. The van der Waals surface area contributed by atoms with E-state index in [-0.39, 0.29) is 6.04 Å². The van der Waals surface area contributed by atoms with Gasteiger partial charge in [0.2, 0.25) is 0 Å². The van der Waals surface area contributed by atoms with Crippen molar-refractivity contribution < 1.29 is 0 Å². The van der Waals surface area contributed by atoms with Gasteiger partial charge in [-0.05, 0) is 46.1 Å². The van der Waals surface area contributed by atoms with Crippen LogP contribution in [0.1, 0.15) is 31.6 Å². The fourth-order valence-corrected chi connectivity index (χ4v) is 2.44. The SMILES string of the molecule is CCCNc1ccnc(C2CN(C)CCCN2C)n1. The maximum atomic E-state index is 4.67. The lowest BCUT2D eigenvalue weighted by Gasteiger charge is -2.26. The van der Waals surface area contributed by atoms with Crippen molar-refractivity contribution in [3.05, 3.63) is 18.1 Å². The second-order valence-corrected chi connectivity index (χ2v) is 5.34. The van der Waals surface area contributed by atoms with Crippen LogP contribution in [0.15, 0.2) is 12.3 Å². The van der Waals surface area contributed by atoms with Crippen LogP contribution in [-0.2, 0) is 0 Å². The largest absolute Gasteiger partial charge is 0.370 e. The third-order valence-corrected chi connectivity index (χ3v) is 3.60. The molecule has 2 rings (SSSR count). The van der Waals surface area contributed by atoms with E-state index in [1.807, 2.05) is 12.3 Å². The molecule has 0 radical (unpaired) electrons. The van der Waals surface area contributed by atoms with E-state index in [2.05, 4.69) is 46.1 Å². The topological polar surface area (TPSA) is 44.3 Å². The molecule has 1 atom stereocenters. The van der Waals surface area contributed by atoms with Gasteiger partial charge in [0, 0.05) is 19.3 Å². The highest BCUT2D eigenvalue weighted by molar-refractivity contribution is 5.33. The summed E-state index contributed by atoms with van der Waals surface area (Å²) in [6.45, 7) is 6.35. The monoisotopic (exact) mass is 263 g/mol. The fourth-order valence-electron chi connectivity index (χ4n) is 2.44. The summed E-state index contributed by atoms with van der Waals surface area (Å²) in [5.74, 6) is 1.87. The smallest absolute Gasteiger partial charge is 0.149 e. The van der Waals surface area contributed by atoms with Crippen LogP contribution in [0.25, 0.3) is 0 Å². The molecule has 0 amide bonds. The Bertz CT molecular complexity index is 395. The number of nitrogens with zero attached hydrogens (tertiary/aromatic N) is 4. The molecule has 1 fully saturated rings. The first kappa shape index (κ1) is 14.2. The minimum atomic E-state index is 0.288. The highest BCUT2D eigenvalue weighted by atomic mass is 15.2. The Kier molecular flexibility index (Phi) is 5.10. The minimum Gasteiger partial charge on any atom is -0.370 e. The summed E-state index contributed by atoms with van der Waals surface area (Å²) in [6.07, 6.45) is 4.17. The van der Waals surface area contributed by atoms with Crippen molar-refractivity contribution in [2.24, 2.45) is 0 Å². The van der Waals surface area contributed by atoms with Gasteiger partial charge >= 0.3 is 0 Å². The van der Waals surface area contributed by atoms with E-state index in [9.17, 15) is 0 Å². The van der Waals surface area contributed by atoms with Gasteiger partial charge in [-0.2, -0.15) is 0 Å². The zero-order valence-electron chi connectivity index (χ0n) is 12.3. The summed E-state index contributed by atoms with van der Waals surface area (Å²) < 4.78 is 0. The standard InChI is InChI=1S/C14H25N5/c1-4-7-15-13-6-8-16-14(17-13)12-11-18(2)9-5-10-19(12)3/h6,8,12H,4-5,7,9-11H2,1-3H3,(H,15,16,17). The summed E-state index contributed by atoms with van der Waals surface area (Å²) in [4.78, 5) is 13.9. The average Bonchev–Trinajstić information content (AvgIpc) is 2.58. The first-order chi connectivity index (χ1) is 9.20. The van der Waals surface area contributed by atoms with Gasteiger partial charge in [-0.25, -0.2) is 9.97 Å². The Morgan fingerprint density at radius 3 is 3.00 bits per heavy atom. The van der Waals surface area contributed by atoms with Crippen LogP contribution in [0.2, 0.25) is 0 Å². The number of hydrogen-bond donors (Lipinski definition) is 1. The van der Waals surface area contributed by atoms with Gasteiger partial charge in [-0.1, -0.05) is 6.92 Å². The Labute approximate surface area is 116 Å². The van der Waals surface area contributed by atoms with E-state index in [0.29, 0.717) is 0 Å². The van der Waals surface area contributed by atoms with E-state index in [1.165, 1.54) is 6.42 Å². The molecule has 19 heavy (non-hydrogen) atoms. The van der Waals surface area contributed by atoms with Gasteiger partial charge in [0.25, 0.3) is 0 Å². The second kappa shape index (κ2) is 6.82. The summed E-state index contributed by atoms with van der Waals surface area (Å²) in [5.41, 5.74) is 0. The van der Waals surface area contributed by atoms with Gasteiger partial charge in [0.05, 0.1) is 6.04 Å². The summed E-state index contributed by atoms with van der Waals surface area (Å²) in [6, 6.07) is 2.23. The molecule has 1 unspecified atom stereocenters. The molecule has 2 heterocycles. The van der Waals surface area contributed by atoms with Crippen molar-refractivity contribution in [1.29, 1.82) is 0 Å². The molecule has 0 saturated carbocycles. The molecule has 5 nitrogen and oxygen atoms in total. The lowest BCUT2D eigenvalue weighted by atomic mass is 10.2. The van der Waals surface area contributed by atoms with Crippen LogP contribution in [0.5, 0.6) is 0 Å². The van der Waals surface area contributed by atoms with E-state index >= 15 is 0 Å². The van der Waals surface area contributed by atoms with Gasteiger partial charge in [-0.3, -0.25) is 4.90 Å². The lowest BCUT2D eigenvalue weighted by molar-refractivity contribution is 0.219. The van der Waals surface area contributed by atoms with Crippen molar-refractivity contribution in [3.63, 3.8) is 0 Å². The van der Waals surface area contributed by atoms with Crippen LogP contribution in [-0.4, -0.2) is 60.0 Å². The van der Waals surface area contributed by atoms with Crippen molar-refractivity contribution in [1.82, 2.24) is 19.8 Å². The number of nitrogens with one attached hydrogen (secondary N) is 1. The lowest BCUT2D eigenvalue weighted by Crippen LogP contribution is -2.32.